The standard InChI is InChI=1S/C17H18N4O3S/c1-3-24-15-7-5-4-6-14(15)21-16(18)17(19-20-21)25(22,23)13-10-8-12(2)9-11-13/h4-11H,3,18H2,1-2H3. The summed E-state index contributed by atoms with van der Waals surface area (Å²) in [4.78, 5) is 0.120. The van der Waals surface area contributed by atoms with Gasteiger partial charge in [0.2, 0.25) is 14.9 Å². The molecule has 3 rings (SSSR count). The first-order valence-corrected chi connectivity index (χ1v) is 9.18. The van der Waals surface area contributed by atoms with Crippen LogP contribution < -0.4 is 10.5 Å². The van der Waals surface area contributed by atoms with Gasteiger partial charge in [0.25, 0.3) is 0 Å². The Kier molecular flexibility index (Phi) is 4.45. The molecule has 0 unspecified atom stereocenters. The second-order valence-corrected chi connectivity index (χ2v) is 7.27. The van der Waals surface area contributed by atoms with E-state index in [1.807, 2.05) is 19.9 Å². The van der Waals surface area contributed by atoms with Crippen LogP contribution in [0.5, 0.6) is 5.75 Å². The normalized spacial score (nSPS) is 11.4. The fourth-order valence-corrected chi connectivity index (χ4v) is 3.61. The fraction of sp³-hybridized carbons (Fsp3) is 0.176. The molecule has 7 nitrogen and oxygen atoms in total. The Bertz CT molecular complexity index is 995. The van der Waals surface area contributed by atoms with Gasteiger partial charge in [-0.1, -0.05) is 35.0 Å². The number of para-hydroxylation sites is 2. The lowest BCUT2D eigenvalue weighted by Crippen LogP contribution is -2.08. The lowest BCUT2D eigenvalue weighted by Gasteiger charge is -2.10. The predicted molar refractivity (Wildman–Crippen MR) is 93.6 cm³/mol. The second kappa shape index (κ2) is 6.56. The van der Waals surface area contributed by atoms with Crippen LogP contribution in [0.25, 0.3) is 5.69 Å². The predicted octanol–water partition coefficient (Wildman–Crippen LogP) is 2.39. The maximum atomic E-state index is 12.8. The number of sulfone groups is 1. The highest BCUT2D eigenvalue weighted by Crippen LogP contribution is 2.29. The topological polar surface area (TPSA) is 100 Å². The number of nitrogens with two attached hydrogens (primary N) is 1. The van der Waals surface area contributed by atoms with Crippen molar-refractivity contribution in [3.63, 3.8) is 0 Å². The van der Waals surface area contributed by atoms with Crippen LogP contribution in [0, 0.1) is 6.92 Å². The number of ether oxygens (including phenoxy) is 1. The first-order chi connectivity index (χ1) is 11.9. The van der Waals surface area contributed by atoms with Crippen LogP contribution in [0.1, 0.15) is 12.5 Å². The van der Waals surface area contributed by atoms with Gasteiger partial charge < -0.3 is 10.5 Å². The van der Waals surface area contributed by atoms with Crippen molar-refractivity contribution in [2.24, 2.45) is 0 Å². The number of benzene rings is 2. The molecule has 0 bridgehead atoms. The second-order valence-electron chi connectivity index (χ2n) is 5.41. The minimum absolute atomic E-state index is 0.0623. The van der Waals surface area contributed by atoms with Crippen molar-refractivity contribution in [1.29, 1.82) is 0 Å². The highest BCUT2D eigenvalue weighted by atomic mass is 32.2. The minimum atomic E-state index is -3.86. The first-order valence-electron chi connectivity index (χ1n) is 7.70. The molecule has 0 aliphatic carbocycles. The number of rotatable bonds is 5. The molecule has 2 N–H and O–H groups in total. The summed E-state index contributed by atoms with van der Waals surface area (Å²) in [6.07, 6.45) is 0. The van der Waals surface area contributed by atoms with Crippen LogP contribution in [0.15, 0.2) is 58.5 Å². The summed E-state index contributed by atoms with van der Waals surface area (Å²) in [5.74, 6) is 0.480. The zero-order valence-electron chi connectivity index (χ0n) is 13.9. The summed E-state index contributed by atoms with van der Waals surface area (Å²) in [6.45, 7) is 4.20. The summed E-state index contributed by atoms with van der Waals surface area (Å²) in [5.41, 5.74) is 7.54. The molecule has 0 atom stereocenters. The summed E-state index contributed by atoms with van der Waals surface area (Å²) in [6, 6.07) is 13.6. The molecular formula is C17H18N4O3S. The fourth-order valence-electron chi connectivity index (χ4n) is 2.38. The van der Waals surface area contributed by atoms with Gasteiger partial charge in [0.05, 0.1) is 11.5 Å². The molecular weight excluding hydrogens is 340 g/mol. The molecule has 3 aromatic rings. The SMILES string of the molecule is CCOc1ccccc1-n1nnc(S(=O)(=O)c2ccc(C)cc2)c1N. The Hall–Kier alpha value is -2.87. The third kappa shape index (κ3) is 3.08. The van der Waals surface area contributed by atoms with Gasteiger partial charge in [-0.25, -0.2) is 8.42 Å². The maximum Gasteiger partial charge on any atom is 0.229 e. The number of nitrogen functional groups attached to an aromatic ring is 1. The van der Waals surface area contributed by atoms with Crippen molar-refractivity contribution in [3.8, 4) is 11.4 Å². The van der Waals surface area contributed by atoms with Gasteiger partial charge in [-0.15, -0.1) is 5.10 Å². The highest BCUT2D eigenvalue weighted by molar-refractivity contribution is 7.91. The van der Waals surface area contributed by atoms with E-state index in [4.69, 9.17) is 10.5 Å². The number of hydrogen-bond acceptors (Lipinski definition) is 6. The molecule has 1 heterocycles. The number of anilines is 1. The van der Waals surface area contributed by atoms with Crippen LogP contribution in [-0.4, -0.2) is 30.0 Å². The van der Waals surface area contributed by atoms with Crippen LogP contribution in [0.2, 0.25) is 0 Å². The number of nitrogens with zero attached hydrogens (tertiary/aromatic N) is 3. The maximum absolute atomic E-state index is 12.8. The third-order valence-electron chi connectivity index (χ3n) is 3.65. The molecule has 130 valence electrons. The number of aryl methyl sites for hydroxylation is 1. The van der Waals surface area contributed by atoms with Crippen LogP contribution in [0.3, 0.4) is 0 Å². The van der Waals surface area contributed by atoms with Crippen LogP contribution in [-0.2, 0) is 9.84 Å². The highest BCUT2D eigenvalue weighted by Gasteiger charge is 2.27. The molecule has 1 aromatic heterocycles. The summed E-state index contributed by atoms with van der Waals surface area (Å²) in [5, 5.41) is 7.45. The van der Waals surface area contributed by atoms with Crippen molar-refractivity contribution in [2.45, 2.75) is 23.8 Å². The molecule has 0 radical (unpaired) electrons. The van der Waals surface area contributed by atoms with E-state index in [9.17, 15) is 8.42 Å². The summed E-state index contributed by atoms with van der Waals surface area (Å²) >= 11 is 0. The van der Waals surface area contributed by atoms with Crippen LogP contribution in [0.4, 0.5) is 5.82 Å². The lowest BCUT2D eigenvalue weighted by molar-refractivity contribution is 0.338. The van der Waals surface area contributed by atoms with Gasteiger partial charge in [-0.2, -0.15) is 4.68 Å². The Balaban J connectivity index is 2.09. The van der Waals surface area contributed by atoms with Crippen LogP contribution >= 0.6 is 0 Å². The van der Waals surface area contributed by atoms with Crippen molar-refractivity contribution in [2.75, 3.05) is 12.3 Å². The van der Waals surface area contributed by atoms with E-state index in [1.165, 1.54) is 16.8 Å². The zero-order valence-corrected chi connectivity index (χ0v) is 14.7. The average molecular weight is 358 g/mol. The molecule has 0 fully saturated rings. The van der Waals surface area contributed by atoms with E-state index < -0.39 is 9.84 Å². The van der Waals surface area contributed by atoms with Gasteiger partial charge in [0.15, 0.2) is 5.82 Å². The number of hydrogen-bond donors (Lipinski definition) is 1. The van der Waals surface area contributed by atoms with Gasteiger partial charge in [-0.3, -0.25) is 0 Å². The van der Waals surface area contributed by atoms with Crippen molar-refractivity contribution in [1.82, 2.24) is 15.0 Å². The molecule has 2 aromatic carbocycles. The number of aromatic nitrogens is 3. The molecule has 0 saturated carbocycles. The van der Waals surface area contributed by atoms with E-state index in [0.29, 0.717) is 18.0 Å². The molecule has 8 heteroatoms. The Labute approximate surface area is 146 Å². The lowest BCUT2D eigenvalue weighted by atomic mass is 10.2. The monoisotopic (exact) mass is 358 g/mol. The molecule has 0 saturated heterocycles. The van der Waals surface area contributed by atoms with Crippen molar-refractivity contribution < 1.29 is 13.2 Å². The van der Waals surface area contributed by atoms with Gasteiger partial charge in [0.1, 0.15) is 11.4 Å². The Morgan fingerprint density at radius 1 is 1.12 bits per heavy atom. The largest absolute Gasteiger partial charge is 0.492 e. The quantitative estimate of drug-likeness (QED) is 0.752. The first kappa shape index (κ1) is 17.0. The van der Waals surface area contributed by atoms with Crippen molar-refractivity contribution in [3.05, 3.63) is 54.1 Å². The van der Waals surface area contributed by atoms with E-state index in [0.717, 1.165) is 5.56 Å². The molecule has 0 amide bonds. The summed E-state index contributed by atoms with van der Waals surface area (Å²) in [7, 11) is -3.86. The van der Waals surface area contributed by atoms with Gasteiger partial charge in [0, 0.05) is 0 Å². The van der Waals surface area contributed by atoms with E-state index >= 15 is 0 Å². The Morgan fingerprint density at radius 2 is 1.80 bits per heavy atom. The Morgan fingerprint density at radius 3 is 2.48 bits per heavy atom. The molecule has 25 heavy (non-hydrogen) atoms. The average Bonchev–Trinajstić information content (AvgIpc) is 2.98. The molecule has 0 spiro atoms. The van der Waals surface area contributed by atoms with E-state index in [-0.39, 0.29) is 15.7 Å². The van der Waals surface area contributed by atoms with E-state index in [1.54, 1.807) is 30.3 Å². The molecule has 0 aliphatic heterocycles. The van der Waals surface area contributed by atoms with Crippen molar-refractivity contribution >= 4 is 15.7 Å². The summed E-state index contributed by atoms with van der Waals surface area (Å²) < 4.78 is 32.4. The minimum Gasteiger partial charge on any atom is -0.492 e. The van der Waals surface area contributed by atoms with E-state index in [2.05, 4.69) is 10.3 Å². The van der Waals surface area contributed by atoms with Gasteiger partial charge >= 0.3 is 0 Å². The van der Waals surface area contributed by atoms with Gasteiger partial charge in [-0.05, 0) is 38.1 Å². The smallest absolute Gasteiger partial charge is 0.229 e. The molecule has 0 aliphatic rings. The third-order valence-corrected chi connectivity index (χ3v) is 5.34. The zero-order chi connectivity index (χ0) is 18.0.